The number of benzene rings is 2. The maximum Gasteiger partial charge on any atom is 0.409 e. The third kappa shape index (κ3) is 7.01. The summed E-state index contributed by atoms with van der Waals surface area (Å²) in [6.07, 6.45) is -0.424. The Hall–Kier alpha value is -4.74. The molecule has 0 aliphatic carbocycles. The molecule has 3 aromatic rings. The summed E-state index contributed by atoms with van der Waals surface area (Å²) in [4.78, 5) is 57.1. The molecule has 40 heavy (non-hydrogen) atoms. The maximum absolute atomic E-state index is 14.3. The molecule has 11 nitrogen and oxygen atoms in total. The number of carbonyl (C=O) groups is 4. The van der Waals surface area contributed by atoms with Crippen LogP contribution in [0.5, 0.6) is 11.5 Å². The Balaban J connectivity index is 1.42. The minimum absolute atomic E-state index is 0.0560. The summed E-state index contributed by atoms with van der Waals surface area (Å²) in [5.74, 6) is -1.78. The third-order valence-corrected chi connectivity index (χ3v) is 6.16. The van der Waals surface area contributed by atoms with E-state index in [0.29, 0.717) is 37.5 Å². The van der Waals surface area contributed by atoms with E-state index < -0.39 is 30.4 Å². The maximum atomic E-state index is 14.3. The van der Waals surface area contributed by atoms with E-state index in [1.807, 2.05) is 0 Å². The summed E-state index contributed by atoms with van der Waals surface area (Å²) >= 11 is 0. The lowest BCUT2D eigenvalue weighted by atomic mass is 10.1. The molecule has 0 spiro atoms. The highest BCUT2D eigenvalue weighted by molar-refractivity contribution is 5.98. The Bertz CT molecular complexity index is 1410. The van der Waals surface area contributed by atoms with Gasteiger partial charge in [0.05, 0.1) is 18.7 Å². The lowest BCUT2D eigenvalue weighted by Gasteiger charge is -2.34. The first-order chi connectivity index (χ1) is 19.2. The molecule has 0 unspecified atom stereocenters. The number of esters is 1. The first-order valence-electron chi connectivity index (χ1n) is 12.7. The van der Waals surface area contributed by atoms with Crippen LogP contribution in [-0.4, -0.2) is 84.6 Å². The number of piperazine rings is 1. The summed E-state index contributed by atoms with van der Waals surface area (Å²) in [5, 5.41) is 2.81. The van der Waals surface area contributed by atoms with Crippen molar-refractivity contribution in [1.29, 1.82) is 0 Å². The van der Waals surface area contributed by atoms with E-state index in [9.17, 15) is 23.6 Å². The lowest BCUT2D eigenvalue weighted by Crippen LogP contribution is -2.52. The Morgan fingerprint density at radius 1 is 1.00 bits per heavy atom. The van der Waals surface area contributed by atoms with Crippen molar-refractivity contribution >= 4 is 34.8 Å². The van der Waals surface area contributed by atoms with Crippen molar-refractivity contribution in [3.63, 3.8) is 0 Å². The van der Waals surface area contributed by atoms with Gasteiger partial charge in [-0.15, -0.1) is 0 Å². The number of hydrogen-bond acceptors (Lipinski definition) is 8. The number of aromatic nitrogens is 1. The second kappa shape index (κ2) is 12.9. The largest absolute Gasteiger partial charge is 0.481 e. The van der Waals surface area contributed by atoms with Gasteiger partial charge in [-0.2, -0.15) is 0 Å². The average Bonchev–Trinajstić information content (AvgIpc) is 2.95. The molecule has 1 saturated heterocycles. The second-order valence-corrected chi connectivity index (χ2v) is 8.95. The number of nitrogens with zero attached hydrogens (tertiary/aromatic N) is 3. The molecule has 2 aromatic carbocycles. The van der Waals surface area contributed by atoms with Crippen LogP contribution in [0.1, 0.15) is 23.0 Å². The molecule has 1 fully saturated rings. The molecular weight excluding hydrogens is 523 g/mol. The van der Waals surface area contributed by atoms with Crippen LogP contribution in [0.15, 0.2) is 48.5 Å². The molecule has 1 aliphatic rings. The molecule has 1 aliphatic heterocycles. The highest BCUT2D eigenvalue weighted by atomic mass is 19.1. The standard InChI is InChI=1S/C28H29FN4O7/c1-3-38-28(37)33-11-9-32(10-12-33)25(34)16-30-27(36)23-15-24(20-14-21(29)18(2)13-22(20)31-23)39-17-26(35)40-19-7-5-4-6-8-19/h4-8,13-15H,3,9-12,16-17H2,1-2H3,(H,30,36). The van der Waals surface area contributed by atoms with Gasteiger partial charge in [0.1, 0.15) is 23.0 Å². The molecule has 0 radical (unpaired) electrons. The minimum atomic E-state index is -0.691. The van der Waals surface area contributed by atoms with Gasteiger partial charge >= 0.3 is 12.1 Å². The zero-order chi connectivity index (χ0) is 28.6. The first kappa shape index (κ1) is 28.3. The van der Waals surface area contributed by atoms with Crippen molar-refractivity contribution in [2.45, 2.75) is 13.8 Å². The Kier molecular flexibility index (Phi) is 9.10. The Morgan fingerprint density at radius 2 is 1.70 bits per heavy atom. The van der Waals surface area contributed by atoms with Gasteiger partial charge in [0.2, 0.25) is 5.91 Å². The predicted octanol–water partition coefficient (Wildman–Crippen LogP) is 2.70. The number of pyridine rings is 1. The molecule has 1 aromatic heterocycles. The molecule has 2 heterocycles. The summed E-state index contributed by atoms with van der Waals surface area (Å²) in [5.41, 5.74) is 0.508. The highest BCUT2D eigenvalue weighted by Crippen LogP contribution is 2.28. The summed E-state index contributed by atoms with van der Waals surface area (Å²) in [7, 11) is 0. The van der Waals surface area contributed by atoms with Crippen molar-refractivity contribution in [3.8, 4) is 11.5 Å². The fourth-order valence-electron chi connectivity index (χ4n) is 4.05. The molecule has 4 rings (SSSR count). The number of halogens is 1. The number of carbonyl (C=O) groups excluding carboxylic acids is 4. The number of fused-ring (bicyclic) bond motifs is 1. The van der Waals surface area contributed by atoms with E-state index in [1.165, 1.54) is 23.1 Å². The predicted molar refractivity (Wildman–Crippen MR) is 142 cm³/mol. The summed E-state index contributed by atoms with van der Waals surface area (Å²) < 4.78 is 30.2. The number of amides is 3. The molecule has 0 atom stereocenters. The normalized spacial score (nSPS) is 13.1. The van der Waals surface area contributed by atoms with Gasteiger partial charge in [0, 0.05) is 37.6 Å². The number of para-hydroxylation sites is 1. The van der Waals surface area contributed by atoms with Gasteiger partial charge < -0.3 is 29.3 Å². The number of nitrogens with one attached hydrogen (secondary N) is 1. The van der Waals surface area contributed by atoms with Crippen LogP contribution in [0.25, 0.3) is 10.9 Å². The molecule has 210 valence electrons. The van der Waals surface area contributed by atoms with E-state index in [4.69, 9.17) is 14.2 Å². The van der Waals surface area contributed by atoms with Crippen molar-refractivity contribution < 1.29 is 37.8 Å². The molecule has 0 bridgehead atoms. The van der Waals surface area contributed by atoms with E-state index in [-0.39, 0.29) is 41.4 Å². The van der Waals surface area contributed by atoms with E-state index >= 15 is 0 Å². The lowest BCUT2D eigenvalue weighted by molar-refractivity contribution is -0.136. The van der Waals surface area contributed by atoms with Crippen molar-refractivity contribution in [3.05, 3.63) is 65.6 Å². The van der Waals surface area contributed by atoms with E-state index in [1.54, 1.807) is 49.1 Å². The third-order valence-electron chi connectivity index (χ3n) is 6.16. The number of aryl methyl sites for hydroxylation is 1. The highest BCUT2D eigenvalue weighted by Gasteiger charge is 2.25. The summed E-state index contributed by atoms with van der Waals surface area (Å²) in [6, 6.07) is 12.4. The first-order valence-corrected chi connectivity index (χ1v) is 12.7. The van der Waals surface area contributed by atoms with Gasteiger partial charge in [0.15, 0.2) is 6.61 Å². The van der Waals surface area contributed by atoms with Crippen LogP contribution < -0.4 is 14.8 Å². The molecular formula is C28H29FN4O7. The topological polar surface area (TPSA) is 127 Å². The zero-order valence-corrected chi connectivity index (χ0v) is 22.1. The van der Waals surface area contributed by atoms with Crippen LogP contribution in [0.2, 0.25) is 0 Å². The summed E-state index contributed by atoms with van der Waals surface area (Å²) in [6.45, 7) is 4.03. The van der Waals surface area contributed by atoms with Crippen LogP contribution in [0, 0.1) is 12.7 Å². The fraction of sp³-hybridized carbons (Fsp3) is 0.321. The average molecular weight is 553 g/mol. The quantitative estimate of drug-likeness (QED) is 0.334. The molecule has 3 amide bonds. The number of hydrogen-bond donors (Lipinski definition) is 1. The van der Waals surface area contributed by atoms with Crippen molar-refractivity contribution in [1.82, 2.24) is 20.1 Å². The Labute approximate surface area is 229 Å². The molecule has 1 N–H and O–H groups in total. The van der Waals surface area contributed by atoms with Gasteiger partial charge in [-0.3, -0.25) is 9.59 Å². The minimum Gasteiger partial charge on any atom is -0.481 e. The van der Waals surface area contributed by atoms with Crippen molar-refractivity contribution in [2.24, 2.45) is 0 Å². The molecule has 12 heteroatoms. The number of ether oxygens (including phenoxy) is 3. The zero-order valence-electron chi connectivity index (χ0n) is 22.1. The molecule has 0 saturated carbocycles. The fourth-order valence-corrected chi connectivity index (χ4v) is 4.05. The van der Waals surface area contributed by atoms with E-state index in [0.717, 1.165) is 0 Å². The monoisotopic (exact) mass is 552 g/mol. The SMILES string of the molecule is CCOC(=O)N1CCN(C(=O)CNC(=O)c2cc(OCC(=O)Oc3ccccc3)c3cc(F)c(C)cc3n2)CC1. The second-order valence-electron chi connectivity index (χ2n) is 8.95. The van der Waals surface area contributed by atoms with Gasteiger partial charge in [0.25, 0.3) is 5.91 Å². The van der Waals surface area contributed by atoms with Gasteiger partial charge in [-0.1, -0.05) is 18.2 Å². The van der Waals surface area contributed by atoms with Gasteiger partial charge in [-0.25, -0.2) is 19.0 Å². The van der Waals surface area contributed by atoms with Gasteiger partial charge in [-0.05, 0) is 43.7 Å². The Morgan fingerprint density at radius 3 is 2.40 bits per heavy atom. The van der Waals surface area contributed by atoms with Crippen LogP contribution in [0.4, 0.5) is 9.18 Å². The smallest absolute Gasteiger partial charge is 0.409 e. The van der Waals surface area contributed by atoms with Crippen LogP contribution in [0.3, 0.4) is 0 Å². The van der Waals surface area contributed by atoms with E-state index in [2.05, 4.69) is 10.3 Å². The van der Waals surface area contributed by atoms with Crippen LogP contribution in [-0.2, 0) is 14.3 Å². The number of rotatable bonds is 8. The van der Waals surface area contributed by atoms with Crippen LogP contribution >= 0.6 is 0 Å². The van der Waals surface area contributed by atoms with Crippen molar-refractivity contribution in [2.75, 3.05) is 45.9 Å².